The predicted octanol–water partition coefficient (Wildman–Crippen LogP) is 3.54. The highest BCUT2D eigenvalue weighted by atomic mass is 79.9. The molecule has 1 unspecified atom stereocenters. The van der Waals surface area contributed by atoms with Crippen molar-refractivity contribution in [2.24, 2.45) is 0 Å². The molecule has 2 N–H and O–H groups in total. The molecule has 24 heavy (non-hydrogen) atoms. The topological polar surface area (TPSA) is 50.4 Å². The summed E-state index contributed by atoms with van der Waals surface area (Å²) in [7, 11) is 0. The van der Waals surface area contributed by atoms with Gasteiger partial charge in [0, 0.05) is 17.1 Å². The number of para-hydroxylation sites is 1. The number of nitrogens with one attached hydrogen (secondary N) is 2. The third kappa shape index (κ3) is 4.97. The molecule has 2 aromatic rings. The molecule has 0 aliphatic carbocycles. The average Bonchev–Trinajstić information content (AvgIpc) is 3.06. The van der Waals surface area contributed by atoms with Gasteiger partial charge < -0.3 is 15.4 Å². The first-order valence-electron chi connectivity index (χ1n) is 7.70. The second kappa shape index (κ2) is 9.06. The SMILES string of the molecule is Cl.O=C(NC1CCNC1)c1ccccc1OCc1cccc(Br)c1. The predicted molar refractivity (Wildman–Crippen MR) is 101 cm³/mol. The second-order valence-corrected chi connectivity index (χ2v) is 6.49. The van der Waals surface area contributed by atoms with Gasteiger partial charge in [-0.05, 0) is 42.8 Å². The zero-order chi connectivity index (χ0) is 16.1. The number of rotatable bonds is 5. The standard InChI is InChI=1S/C18H19BrN2O2.ClH/c19-14-5-3-4-13(10-14)12-23-17-7-2-1-6-16(17)18(22)21-15-8-9-20-11-15;/h1-7,10,15,20H,8-9,11-12H2,(H,21,22);1H. The zero-order valence-electron chi connectivity index (χ0n) is 13.1. The maximum atomic E-state index is 12.5. The Morgan fingerprint density at radius 2 is 2.08 bits per heavy atom. The van der Waals surface area contributed by atoms with Gasteiger partial charge in [-0.25, -0.2) is 0 Å². The molecule has 2 aromatic carbocycles. The van der Waals surface area contributed by atoms with Gasteiger partial charge in [0.2, 0.25) is 0 Å². The largest absolute Gasteiger partial charge is 0.488 e. The minimum atomic E-state index is -0.0801. The highest BCUT2D eigenvalue weighted by Gasteiger charge is 2.19. The van der Waals surface area contributed by atoms with Crippen molar-refractivity contribution in [1.82, 2.24) is 10.6 Å². The summed E-state index contributed by atoms with van der Waals surface area (Å²) in [6.45, 7) is 2.20. The third-order valence-electron chi connectivity index (χ3n) is 3.81. The van der Waals surface area contributed by atoms with Crippen molar-refractivity contribution >= 4 is 34.2 Å². The first-order chi connectivity index (χ1) is 11.2. The molecule has 0 saturated carbocycles. The van der Waals surface area contributed by atoms with E-state index in [0.29, 0.717) is 17.9 Å². The molecule has 3 rings (SSSR count). The van der Waals surface area contributed by atoms with Gasteiger partial charge in [0.25, 0.3) is 5.91 Å². The molecule has 6 heteroatoms. The molecule has 1 amide bonds. The fraction of sp³-hybridized carbons (Fsp3) is 0.278. The van der Waals surface area contributed by atoms with Crippen molar-refractivity contribution in [2.45, 2.75) is 19.1 Å². The summed E-state index contributed by atoms with van der Waals surface area (Å²) in [4.78, 5) is 12.5. The van der Waals surface area contributed by atoms with Crippen LogP contribution in [0.1, 0.15) is 22.3 Å². The van der Waals surface area contributed by atoms with E-state index in [1.165, 1.54) is 0 Å². The lowest BCUT2D eigenvalue weighted by molar-refractivity contribution is 0.0935. The van der Waals surface area contributed by atoms with E-state index in [9.17, 15) is 4.79 Å². The van der Waals surface area contributed by atoms with Crippen LogP contribution >= 0.6 is 28.3 Å². The summed E-state index contributed by atoms with van der Waals surface area (Å²) >= 11 is 3.45. The van der Waals surface area contributed by atoms with Gasteiger partial charge in [0.1, 0.15) is 12.4 Å². The van der Waals surface area contributed by atoms with E-state index < -0.39 is 0 Å². The normalized spacial score (nSPS) is 16.3. The monoisotopic (exact) mass is 410 g/mol. The minimum absolute atomic E-state index is 0. The van der Waals surface area contributed by atoms with Crippen LogP contribution in [0, 0.1) is 0 Å². The molecule has 1 atom stereocenters. The highest BCUT2D eigenvalue weighted by molar-refractivity contribution is 9.10. The summed E-state index contributed by atoms with van der Waals surface area (Å²) in [5.74, 6) is 0.527. The van der Waals surface area contributed by atoms with Gasteiger partial charge in [-0.3, -0.25) is 4.79 Å². The maximum Gasteiger partial charge on any atom is 0.255 e. The van der Waals surface area contributed by atoms with Crippen LogP contribution in [-0.2, 0) is 6.61 Å². The molecule has 128 valence electrons. The molecule has 4 nitrogen and oxygen atoms in total. The molecule has 0 spiro atoms. The Morgan fingerprint density at radius 1 is 1.25 bits per heavy atom. The van der Waals surface area contributed by atoms with Gasteiger partial charge in [0.15, 0.2) is 0 Å². The Hall–Kier alpha value is -1.56. The summed E-state index contributed by atoms with van der Waals surface area (Å²) in [6.07, 6.45) is 0.965. The van der Waals surface area contributed by atoms with E-state index in [1.54, 1.807) is 6.07 Å². The van der Waals surface area contributed by atoms with Crippen LogP contribution in [-0.4, -0.2) is 25.0 Å². The fourth-order valence-electron chi connectivity index (χ4n) is 2.61. The van der Waals surface area contributed by atoms with Crippen LogP contribution in [0.4, 0.5) is 0 Å². The van der Waals surface area contributed by atoms with E-state index in [0.717, 1.165) is 29.5 Å². The maximum absolute atomic E-state index is 12.5. The molecule has 0 aromatic heterocycles. The molecule has 0 bridgehead atoms. The molecule has 1 saturated heterocycles. The van der Waals surface area contributed by atoms with Gasteiger partial charge in [-0.15, -0.1) is 12.4 Å². The number of hydrogen-bond acceptors (Lipinski definition) is 3. The number of benzene rings is 2. The van der Waals surface area contributed by atoms with Crippen LogP contribution in [0.25, 0.3) is 0 Å². The second-order valence-electron chi connectivity index (χ2n) is 5.58. The van der Waals surface area contributed by atoms with Crippen LogP contribution in [0.15, 0.2) is 53.0 Å². The number of carbonyl (C=O) groups is 1. The summed E-state index contributed by atoms with van der Waals surface area (Å²) in [6, 6.07) is 15.5. The number of carbonyl (C=O) groups excluding carboxylic acids is 1. The van der Waals surface area contributed by atoms with Gasteiger partial charge in [0.05, 0.1) is 5.56 Å². The third-order valence-corrected chi connectivity index (χ3v) is 4.30. The van der Waals surface area contributed by atoms with Gasteiger partial charge >= 0.3 is 0 Å². The molecular weight excluding hydrogens is 392 g/mol. The Morgan fingerprint density at radius 3 is 2.83 bits per heavy atom. The first kappa shape index (κ1) is 18.8. The Kier molecular flexibility index (Phi) is 7.09. The van der Waals surface area contributed by atoms with Crippen LogP contribution < -0.4 is 15.4 Å². The highest BCUT2D eigenvalue weighted by Crippen LogP contribution is 2.20. The lowest BCUT2D eigenvalue weighted by atomic mass is 10.1. The van der Waals surface area contributed by atoms with E-state index in [-0.39, 0.29) is 24.4 Å². The lowest BCUT2D eigenvalue weighted by Crippen LogP contribution is -2.36. The lowest BCUT2D eigenvalue weighted by Gasteiger charge is -2.14. The molecule has 1 aliphatic heterocycles. The fourth-order valence-corrected chi connectivity index (χ4v) is 3.06. The van der Waals surface area contributed by atoms with Crippen LogP contribution in [0.3, 0.4) is 0 Å². The van der Waals surface area contributed by atoms with Crippen molar-refractivity contribution in [3.63, 3.8) is 0 Å². The summed E-state index contributed by atoms with van der Waals surface area (Å²) in [5.41, 5.74) is 1.63. The van der Waals surface area contributed by atoms with Crippen LogP contribution in [0.5, 0.6) is 5.75 Å². The van der Waals surface area contributed by atoms with Gasteiger partial charge in [-0.1, -0.05) is 40.2 Å². The number of halogens is 2. The van der Waals surface area contributed by atoms with Crippen molar-refractivity contribution in [3.05, 3.63) is 64.1 Å². The van der Waals surface area contributed by atoms with Gasteiger partial charge in [-0.2, -0.15) is 0 Å². The van der Waals surface area contributed by atoms with E-state index >= 15 is 0 Å². The van der Waals surface area contributed by atoms with Crippen molar-refractivity contribution in [3.8, 4) is 5.75 Å². The quantitative estimate of drug-likeness (QED) is 0.791. The summed E-state index contributed by atoms with van der Waals surface area (Å²) < 4.78 is 6.88. The van der Waals surface area contributed by atoms with Crippen molar-refractivity contribution < 1.29 is 9.53 Å². The van der Waals surface area contributed by atoms with E-state index in [2.05, 4.69) is 26.6 Å². The molecule has 1 fully saturated rings. The van der Waals surface area contributed by atoms with Crippen molar-refractivity contribution in [1.29, 1.82) is 0 Å². The van der Waals surface area contributed by atoms with Crippen LogP contribution in [0.2, 0.25) is 0 Å². The zero-order valence-corrected chi connectivity index (χ0v) is 15.5. The Balaban J connectivity index is 0.00000208. The summed E-state index contributed by atoms with van der Waals surface area (Å²) in [5, 5.41) is 6.30. The molecule has 1 aliphatic rings. The smallest absolute Gasteiger partial charge is 0.255 e. The molecular formula is C18H20BrClN2O2. The van der Waals surface area contributed by atoms with E-state index in [4.69, 9.17) is 4.74 Å². The number of hydrogen-bond donors (Lipinski definition) is 2. The number of ether oxygens (including phenoxy) is 1. The molecule has 0 radical (unpaired) electrons. The average molecular weight is 412 g/mol. The number of amides is 1. The Bertz CT molecular complexity index is 690. The van der Waals surface area contributed by atoms with Crippen molar-refractivity contribution in [2.75, 3.05) is 13.1 Å². The first-order valence-corrected chi connectivity index (χ1v) is 8.49. The van der Waals surface area contributed by atoms with E-state index in [1.807, 2.05) is 42.5 Å². The minimum Gasteiger partial charge on any atom is -0.488 e. The molecule has 1 heterocycles. The Labute approximate surface area is 156 Å².